The number of phenolic OH excluding ortho intramolecular Hbond substituents is 1. The van der Waals surface area contributed by atoms with Crippen LogP contribution in [0, 0.1) is 10.1 Å². The highest BCUT2D eigenvalue weighted by molar-refractivity contribution is 7.86. The Labute approximate surface area is 89.3 Å². The van der Waals surface area contributed by atoms with Crippen LogP contribution in [0.2, 0.25) is 0 Å². The minimum atomic E-state index is -4.75. The lowest BCUT2D eigenvalue weighted by Crippen LogP contribution is -2.02. The van der Waals surface area contributed by atoms with Gasteiger partial charge < -0.3 is 16.3 Å². The van der Waals surface area contributed by atoms with Gasteiger partial charge in [-0.05, 0) is 0 Å². The summed E-state index contributed by atoms with van der Waals surface area (Å²) in [5, 5.41) is 19.5. The fourth-order valence-electron chi connectivity index (χ4n) is 0.916. The van der Waals surface area contributed by atoms with E-state index in [1.165, 1.54) is 0 Å². The Morgan fingerprint density at radius 1 is 1.38 bits per heavy atom. The quantitative estimate of drug-likeness (QED) is 0.205. The van der Waals surface area contributed by atoms with Gasteiger partial charge in [-0.3, -0.25) is 14.7 Å². The maximum atomic E-state index is 10.7. The van der Waals surface area contributed by atoms with Crippen molar-refractivity contribution in [3.8, 4) is 5.75 Å². The summed E-state index contributed by atoms with van der Waals surface area (Å²) >= 11 is 0. The highest BCUT2D eigenvalue weighted by Crippen LogP contribution is 2.33. The van der Waals surface area contributed by atoms with Crippen molar-refractivity contribution in [2.45, 2.75) is 4.90 Å². The van der Waals surface area contributed by atoms with Gasteiger partial charge in [0, 0.05) is 12.1 Å². The SMILES string of the molecule is Nc1cc([N+](=O)[O-])cc(S(=O)(=O)O)c1O.O. The molecule has 1 aromatic carbocycles. The van der Waals surface area contributed by atoms with E-state index in [0.29, 0.717) is 6.07 Å². The molecule has 0 amide bonds. The molecule has 0 atom stereocenters. The first-order valence-electron chi connectivity index (χ1n) is 3.48. The maximum Gasteiger partial charge on any atom is 0.298 e. The first kappa shape index (κ1) is 14.1. The predicted molar refractivity (Wildman–Crippen MR) is 52.6 cm³/mol. The number of hydrogen-bond donors (Lipinski definition) is 3. The fourth-order valence-corrected chi connectivity index (χ4v) is 1.55. The molecule has 0 aliphatic rings. The summed E-state index contributed by atoms with van der Waals surface area (Å²) in [5.41, 5.74) is 3.98. The zero-order chi connectivity index (χ0) is 11.8. The Hall–Kier alpha value is -1.91. The third-order valence-electron chi connectivity index (χ3n) is 1.58. The topological polar surface area (TPSA) is 175 Å². The highest BCUT2D eigenvalue weighted by atomic mass is 32.2. The van der Waals surface area contributed by atoms with Crippen molar-refractivity contribution in [3.05, 3.63) is 22.2 Å². The molecule has 0 aliphatic heterocycles. The average Bonchev–Trinajstić information content (AvgIpc) is 2.06. The summed E-state index contributed by atoms with van der Waals surface area (Å²) < 4.78 is 30.0. The Morgan fingerprint density at radius 3 is 2.25 bits per heavy atom. The lowest BCUT2D eigenvalue weighted by Gasteiger charge is -2.03. The Morgan fingerprint density at radius 2 is 1.88 bits per heavy atom. The smallest absolute Gasteiger partial charge is 0.298 e. The maximum absolute atomic E-state index is 10.7. The number of benzene rings is 1. The van der Waals surface area contributed by atoms with Crippen LogP contribution >= 0.6 is 0 Å². The van der Waals surface area contributed by atoms with Gasteiger partial charge in [-0.2, -0.15) is 8.42 Å². The summed E-state index contributed by atoms with van der Waals surface area (Å²) in [5.74, 6) is -0.914. The summed E-state index contributed by atoms with van der Waals surface area (Å²) in [6.45, 7) is 0. The standard InChI is InChI=1S/C6H6N2O6S.H2O/c7-4-1-3(8(10)11)2-5(6(4)9)15(12,13)14;/h1-2,9H,7H2,(H,12,13,14);1H2. The Kier molecular flexibility index (Phi) is 3.79. The molecule has 0 heterocycles. The van der Waals surface area contributed by atoms with Crippen LogP contribution in [0.15, 0.2) is 17.0 Å². The number of hydrogen-bond acceptors (Lipinski definition) is 6. The van der Waals surface area contributed by atoms with E-state index in [9.17, 15) is 18.5 Å². The van der Waals surface area contributed by atoms with E-state index >= 15 is 0 Å². The number of nitrogens with zero attached hydrogens (tertiary/aromatic N) is 1. The van der Waals surface area contributed by atoms with Crippen LogP contribution in [0.25, 0.3) is 0 Å². The third kappa shape index (κ3) is 2.56. The zero-order valence-corrected chi connectivity index (χ0v) is 8.43. The van der Waals surface area contributed by atoms with E-state index in [4.69, 9.17) is 15.4 Å². The molecule has 16 heavy (non-hydrogen) atoms. The number of rotatable bonds is 2. The van der Waals surface area contributed by atoms with Crippen LogP contribution in [-0.4, -0.2) is 28.5 Å². The van der Waals surface area contributed by atoms with E-state index in [1.54, 1.807) is 0 Å². The summed E-state index contributed by atoms with van der Waals surface area (Å²) in [7, 11) is -4.75. The van der Waals surface area contributed by atoms with E-state index < -0.39 is 37.1 Å². The minimum absolute atomic E-state index is 0. The average molecular weight is 252 g/mol. The van der Waals surface area contributed by atoms with Crippen LogP contribution in [0.4, 0.5) is 11.4 Å². The molecule has 0 aliphatic carbocycles. The lowest BCUT2D eigenvalue weighted by molar-refractivity contribution is -0.385. The molecule has 0 unspecified atom stereocenters. The second-order valence-corrected chi connectivity index (χ2v) is 4.00. The van der Waals surface area contributed by atoms with Gasteiger partial charge in [0.1, 0.15) is 4.90 Å². The molecule has 9 nitrogen and oxygen atoms in total. The summed E-state index contributed by atoms with van der Waals surface area (Å²) in [6, 6.07) is 1.30. The van der Waals surface area contributed by atoms with Crippen molar-refractivity contribution < 1.29 is 28.5 Å². The van der Waals surface area contributed by atoms with Crippen LogP contribution < -0.4 is 5.73 Å². The zero-order valence-electron chi connectivity index (χ0n) is 7.61. The van der Waals surface area contributed by atoms with Crippen LogP contribution in [0.5, 0.6) is 5.75 Å². The number of nitro groups is 1. The molecule has 6 N–H and O–H groups in total. The molecule has 0 radical (unpaired) electrons. The van der Waals surface area contributed by atoms with Crippen molar-refractivity contribution in [3.63, 3.8) is 0 Å². The number of aromatic hydroxyl groups is 1. The molecule has 0 bridgehead atoms. The molecule has 0 aromatic heterocycles. The van der Waals surface area contributed by atoms with Gasteiger partial charge in [0.05, 0.1) is 10.6 Å². The first-order valence-corrected chi connectivity index (χ1v) is 4.92. The number of phenols is 1. The molecule has 0 fully saturated rings. The van der Waals surface area contributed by atoms with E-state index in [2.05, 4.69) is 0 Å². The highest BCUT2D eigenvalue weighted by Gasteiger charge is 2.22. The second kappa shape index (κ2) is 4.30. The molecule has 1 rings (SSSR count). The number of anilines is 1. The predicted octanol–water partition coefficient (Wildman–Crippen LogP) is -0.695. The van der Waals surface area contributed by atoms with Crippen LogP contribution in [0.3, 0.4) is 0 Å². The van der Waals surface area contributed by atoms with Crippen molar-refractivity contribution in [2.24, 2.45) is 0 Å². The number of nitrogens with two attached hydrogens (primary N) is 1. The minimum Gasteiger partial charge on any atom is -0.504 e. The molecule has 1 aromatic rings. The summed E-state index contributed by atoms with van der Waals surface area (Å²) in [4.78, 5) is 8.45. The summed E-state index contributed by atoms with van der Waals surface area (Å²) in [6.07, 6.45) is 0. The van der Waals surface area contributed by atoms with Crippen molar-refractivity contribution >= 4 is 21.5 Å². The number of nitro benzene ring substituents is 1. The number of nitrogen functional groups attached to an aromatic ring is 1. The normalized spacial score (nSPS) is 10.6. The van der Waals surface area contributed by atoms with E-state index in [0.717, 1.165) is 6.07 Å². The molecular weight excluding hydrogens is 244 g/mol. The second-order valence-electron chi connectivity index (χ2n) is 2.61. The molecule has 0 saturated carbocycles. The van der Waals surface area contributed by atoms with Gasteiger partial charge in [-0.15, -0.1) is 0 Å². The largest absolute Gasteiger partial charge is 0.504 e. The third-order valence-corrected chi connectivity index (χ3v) is 2.44. The molecule has 10 heteroatoms. The first-order chi connectivity index (χ1) is 6.73. The van der Waals surface area contributed by atoms with Gasteiger partial charge in [-0.25, -0.2) is 0 Å². The van der Waals surface area contributed by atoms with Crippen molar-refractivity contribution in [1.29, 1.82) is 0 Å². The van der Waals surface area contributed by atoms with Gasteiger partial charge in [0.2, 0.25) is 0 Å². The van der Waals surface area contributed by atoms with Crippen LogP contribution in [-0.2, 0) is 10.1 Å². The number of non-ortho nitro benzene ring substituents is 1. The van der Waals surface area contributed by atoms with Crippen molar-refractivity contribution in [2.75, 3.05) is 5.73 Å². The fraction of sp³-hybridized carbons (Fsp3) is 0. The Bertz CT molecular complexity index is 524. The van der Waals surface area contributed by atoms with Crippen LogP contribution in [0.1, 0.15) is 0 Å². The van der Waals surface area contributed by atoms with E-state index in [1.807, 2.05) is 0 Å². The molecule has 90 valence electrons. The van der Waals surface area contributed by atoms with Gasteiger partial charge in [-0.1, -0.05) is 0 Å². The van der Waals surface area contributed by atoms with Gasteiger partial charge in [0.15, 0.2) is 5.75 Å². The monoisotopic (exact) mass is 252 g/mol. The van der Waals surface area contributed by atoms with Gasteiger partial charge >= 0.3 is 0 Å². The molecule has 0 spiro atoms. The molecular formula is C6H8N2O7S. The van der Waals surface area contributed by atoms with Gasteiger partial charge in [0.25, 0.3) is 15.8 Å². The molecule has 0 saturated heterocycles. The lowest BCUT2D eigenvalue weighted by atomic mass is 10.2. The van der Waals surface area contributed by atoms with Crippen molar-refractivity contribution in [1.82, 2.24) is 0 Å². The van der Waals surface area contributed by atoms with E-state index in [-0.39, 0.29) is 5.48 Å². The Balaban J connectivity index is 0.00000225.